The smallest absolute Gasteiger partial charge is 0.227 e. The van der Waals surface area contributed by atoms with Gasteiger partial charge in [-0.2, -0.15) is 4.31 Å². The molecule has 5 rings (SSSR count). The van der Waals surface area contributed by atoms with E-state index in [9.17, 15) is 17.6 Å². The van der Waals surface area contributed by atoms with Crippen LogP contribution in [0.5, 0.6) is 0 Å². The van der Waals surface area contributed by atoms with E-state index >= 15 is 0 Å². The van der Waals surface area contributed by atoms with E-state index < -0.39 is 28.3 Å². The molecule has 1 spiro atoms. The summed E-state index contributed by atoms with van der Waals surface area (Å²) in [5.41, 5.74) is 12.5. The van der Waals surface area contributed by atoms with Gasteiger partial charge in [0.2, 0.25) is 15.9 Å². The second kappa shape index (κ2) is 11.9. The van der Waals surface area contributed by atoms with Gasteiger partial charge in [0.05, 0.1) is 23.4 Å². The van der Waals surface area contributed by atoms with Crippen molar-refractivity contribution in [2.75, 3.05) is 45.8 Å². The normalized spacial score (nSPS) is 34.6. The number of alkyl halides is 1. The van der Waals surface area contributed by atoms with Crippen LogP contribution in [0.2, 0.25) is 0 Å². The van der Waals surface area contributed by atoms with Crippen LogP contribution in [0.15, 0.2) is 0 Å². The number of nitrogens with two attached hydrogens (primary N) is 2. The number of hydrogen-bond acceptors (Lipinski definition) is 8. The number of rotatable bonds is 7. The summed E-state index contributed by atoms with van der Waals surface area (Å²) in [5.74, 6) is -0.823. The Morgan fingerprint density at radius 3 is 2.37 bits per heavy atom. The van der Waals surface area contributed by atoms with Crippen LogP contribution in [0.25, 0.3) is 0 Å². The van der Waals surface area contributed by atoms with Crippen LogP contribution in [0.4, 0.5) is 4.39 Å². The average Bonchev–Trinajstić information content (AvgIpc) is 3.66. The first-order chi connectivity index (χ1) is 18.2. The number of amides is 1. The summed E-state index contributed by atoms with van der Waals surface area (Å²) in [6.45, 7) is 4.02. The topological polar surface area (TPSA) is 146 Å². The summed E-state index contributed by atoms with van der Waals surface area (Å²) in [6.07, 6.45) is 7.31. The summed E-state index contributed by atoms with van der Waals surface area (Å²) in [6, 6.07) is -0.285. The van der Waals surface area contributed by atoms with E-state index in [0.29, 0.717) is 39.1 Å². The number of nitrogens with zero attached hydrogens (tertiary/aromatic N) is 2. The first-order valence-electron chi connectivity index (χ1n) is 14.8. The molecule has 3 aliphatic heterocycles. The van der Waals surface area contributed by atoms with Gasteiger partial charge in [-0.15, -0.1) is 0 Å². The van der Waals surface area contributed by atoms with Crippen molar-refractivity contribution in [1.29, 1.82) is 0 Å². The molecular weight excluding hydrogens is 509 g/mol. The fraction of sp³-hybridized carbons (Fsp3) is 0.962. The molecular formula is C26H48FN7O3S. The maximum absolute atomic E-state index is 14.6. The number of halogens is 1. The Kier molecular flexibility index (Phi) is 8.98. The van der Waals surface area contributed by atoms with Crippen molar-refractivity contribution >= 4 is 15.9 Å². The van der Waals surface area contributed by atoms with Gasteiger partial charge in [-0.1, -0.05) is 12.8 Å². The Morgan fingerprint density at radius 1 is 1.00 bits per heavy atom. The third kappa shape index (κ3) is 6.37. The van der Waals surface area contributed by atoms with E-state index in [2.05, 4.69) is 20.9 Å². The zero-order chi connectivity index (χ0) is 26.9. The van der Waals surface area contributed by atoms with E-state index in [4.69, 9.17) is 11.5 Å². The molecule has 0 radical (unpaired) electrons. The van der Waals surface area contributed by atoms with Crippen molar-refractivity contribution < 1.29 is 17.6 Å². The van der Waals surface area contributed by atoms with Crippen LogP contribution in [0.3, 0.4) is 0 Å². The highest BCUT2D eigenvalue weighted by atomic mass is 32.2. The highest BCUT2D eigenvalue weighted by molar-refractivity contribution is 7.90. The van der Waals surface area contributed by atoms with Gasteiger partial charge in [-0.05, 0) is 63.3 Å². The van der Waals surface area contributed by atoms with Crippen molar-refractivity contribution in [2.45, 2.75) is 99.9 Å². The maximum Gasteiger partial charge on any atom is 0.227 e. The number of piperidine rings is 1. The van der Waals surface area contributed by atoms with Crippen molar-refractivity contribution in [3.63, 3.8) is 0 Å². The first kappa shape index (κ1) is 28.6. The zero-order valence-corrected chi connectivity index (χ0v) is 23.4. The molecule has 3 heterocycles. The van der Waals surface area contributed by atoms with Crippen molar-refractivity contribution in [1.82, 2.24) is 25.2 Å². The molecule has 5 atom stereocenters. The molecule has 0 aromatic rings. The number of sulfonamides is 1. The fourth-order valence-electron chi connectivity index (χ4n) is 7.52. The first-order valence-corrected chi connectivity index (χ1v) is 16.3. The predicted octanol–water partition coefficient (Wildman–Crippen LogP) is -0.157. The van der Waals surface area contributed by atoms with Crippen molar-refractivity contribution in [2.24, 2.45) is 22.8 Å². The lowest BCUT2D eigenvalue weighted by Gasteiger charge is -2.45. The summed E-state index contributed by atoms with van der Waals surface area (Å²) in [4.78, 5) is 16.1. The number of nitrogens with one attached hydrogen (secondary N) is 3. The molecule has 5 unspecified atom stereocenters. The largest absolute Gasteiger partial charge is 0.350 e. The average molecular weight is 558 g/mol. The molecule has 0 aromatic carbocycles. The third-order valence-corrected chi connectivity index (χ3v) is 12.3. The predicted molar refractivity (Wildman–Crippen MR) is 145 cm³/mol. The Labute approximate surface area is 227 Å². The van der Waals surface area contributed by atoms with Crippen LogP contribution in [-0.2, 0) is 14.8 Å². The fourth-order valence-corrected chi connectivity index (χ4v) is 9.34. The lowest BCUT2D eigenvalue weighted by atomic mass is 9.72. The molecule has 1 amide bonds. The molecule has 7 N–H and O–H groups in total. The Balaban J connectivity index is 1.24. The summed E-state index contributed by atoms with van der Waals surface area (Å²) >= 11 is 0. The summed E-state index contributed by atoms with van der Waals surface area (Å²) in [5, 5.41) is 9.83. The van der Waals surface area contributed by atoms with Gasteiger partial charge in [0.25, 0.3) is 0 Å². The van der Waals surface area contributed by atoms with Crippen LogP contribution >= 0.6 is 0 Å². The Morgan fingerprint density at radius 2 is 1.71 bits per heavy atom. The van der Waals surface area contributed by atoms with Gasteiger partial charge in [-0.3, -0.25) is 9.69 Å². The molecule has 38 heavy (non-hydrogen) atoms. The van der Waals surface area contributed by atoms with Gasteiger partial charge >= 0.3 is 0 Å². The van der Waals surface area contributed by atoms with E-state index in [-0.39, 0.29) is 41.2 Å². The van der Waals surface area contributed by atoms with Gasteiger partial charge in [0, 0.05) is 51.4 Å². The minimum absolute atomic E-state index is 0.0608. The van der Waals surface area contributed by atoms with Gasteiger partial charge in [0.1, 0.15) is 6.17 Å². The van der Waals surface area contributed by atoms with E-state index in [0.717, 1.165) is 64.3 Å². The standard InChI is InChI=1S/C26H48FN7O3S/c27-18-5-9-26(7-1-2-8-26)15-20(31-16-18)23(24(28)29)25(35)32-21-17-30-10-6-22(21)33-11-13-34(14-12-33)38(36,37)19-3-4-19/h18-24,30-31H,1-17,28-29H2,(H,32,35). The van der Waals surface area contributed by atoms with Crippen LogP contribution in [-0.4, -0.2) is 105 Å². The van der Waals surface area contributed by atoms with E-state index in [1.807, 2.05) is 0 Å². The number of carbonyl (C=O) groups excluding carboxylic acids is 1. The number of hydrogen-bond donors (Lipinski definition) is 5. The molecule has 218 valence electrons. The molecule has 3 saturated heterocycles. The molecule has 0 aromatic heterocycles. The number of carbonyl (C=O) groups is 1. The van der Waals surface area contributed by atoms with Crippen LogP contribution in [0.1, 0.15) is 64.2 Å². The Bertz CT molecular complexity index is 920. The second-order valence-corrected chi connectivity index (χ2v) is 14.7. The van der Waals surface area contributed by atoms with Crippen LogP contribution < -0.4 is 27.4 Å². The van der Waals surface area contributed by atoms with Crippen molar-refractivity contribution in [3.05, 3.63) is 0 Å². The maximum atomic E-state index is 14.6. The van der Waals surface area contributed by atoms with Gasteiger partial charge in [0.15, 0.2) is 0 Å². The summed E-state index contributed by atoms with van der Waals surface area (Å²) < 4.78 is 41.6. The van der Waals surface area contributed by atoms with Crippen molar-refractivity contribution in [3.8, 4) is 0 Å². The molecule has 2 aliphatic carbocycles. The second-order valence-electron chi connectivity index (χ2n) is 12.5. The number of piperazine rings is 1. The SMILES string of the molecule is NC(N)C(C(=O)NC1CNCCC1N1CCN(S(=O)(=O)C2CC2)CC1)C1CC2(CCCC2)CCC(F)CN1. The lowest BCUT2D eigenvalue weighted by Crippen LogP contribution is -2.65. The summed E-state index contributed by atoms with van der Waals surface area (Å²) in [7, 11) is -3.16. The minimum atomic E-state index is -3.16. The molecule has 5 aliphatic rings. The van der Waals surface area contributed by atoms with Gasteiger partial charge in [-0.25, -0.2) is 12.8 Å². The Hall–Kier alpha value is -0.890. The quantitative estimate of drug-likeness (QED) is 0.272. The molecule has 5 fully saturated rings. The van der Waals surface area contributed by atoms with Gasteiger partial charge < -0.3 is 27.4 Å². The molecule has 0 bridgehead atoms. The highest BCUT2D eigenvalue weighted by Gasteiger charge is 2.45. The molecule has 2 saturated carbocycles. The van der Waals surface area contributed by atoms with E-state index in [1.165, 1.54) is 0 Å². The monoisotopic (exact) mass is 557 g/mol. The van der Waals surface area contributed by atoms with E-state index in [1.54, 1.807) is 4.31 Å². The lowest BCUT2D eigenvalue weighted by molar-refractivity contribution is -0.128. The molecule has 10 nitrogen and oxygen atoms in total. The molecule has 12 heteroatoms. The third-order valence-electron chi connectivity index (χ3n) is 9.88. The zero-order valence-electron chi connectivity index (χ0n) is 22.6. The minimum Gasteiger partial charge on any atom is -0.350 e. The highest BCUT2D eigenvalue weighted by Crippen LogP contribution is 2.47. The van der Waals surface area contributed by atoms with Crippen LogP contribution in [0, 0.1) is 11.3 Å².